The van der Waals surface area contributed by atoms with Crippen molar-refractivity contribution in [3.63, 3.8) is 0 Å². The van der Waals surface area contributed by atoms with Crippen molar-refractivity contribution in [1.29, 1.82) is 0 Å². The number of nitrogens with zero attached hydrogens (tertiary/aromatic N) is 6. The zero-order chi connectivity index (χ0) is 25.1. The minimum absolute atomic E-state index is 0.226. The smallest absolute Gasteiger partial charge is 0.260 e. The van der Waals surface area contributed by atoms with Crippen LogP contribution in [-0.2, 0) is 11.8 Å². The van der Waals surface area contributed by atoms with E-state index in [0.717, 1.165) is 54.5 Å². The third kappa shape index (κ3) is 5.30. The largest absolute Gasteiger partial charge is 0.380 e. The summed E-state index contributed by atoms with van der Waals surface area (Å²) in [5, 5.41) is 14.4. The summed E-state index contributed by atoms with van der Waals surface area (Å²) in [6, 6.07) is 1.66. The van der Waals surface area contributed by atoms with E-state index in [0.29, 0.717) is 29.1 Å². The monoisotopic (exact) mass is 508 g/mol. The molecule has 4 aromatic heterocycles. The number of fused-ring (bicyclic) bond motifs is 1. The Hall–Kier alpha value is -3.61. The highest BCUT2D eigenvalue weighted by atomic mass is 32.1. The molecule has 1 aliphatic rings. The molecule has 0 spiro atoms. The second kappa shape index (κ2) is 10.6. The third-order valence-electron chi connectivity index (χ3n) is 6.06. The van der Waals surface area contributed by atoms with Crippen LogP contribution in [0.4, 0.5) is 5.69 Å². The van der Waals surface area contributed by atoms with Gasteiger partial charge in [-0.05, 0) is 19.4 Å². The van der Waals surface area contributed by atoms with Crippen molar-refractivity contribution >= 4 is 33.7 Å². The molecule has 0 bridgehead atoms. The summed E-state index contributed by atoms with van der Waals surface area (Å²) in [5.41, 5.74) is 2.91. The second-order valence-corrected chi connectivity index (χ2v) is 9.71. The molecule has 36 heavy (non-hydrogen) atoms. The summed E-state index contributed by atoms with van der Waals surface area (Å²) < 4.78 is 8.89. The van der Waals surface area contributed by atoms with Crippen LogP contribution < -0.4 is 10.6 Å². The number of aryl methyl sites for hydroxylation is 2. The molecule has 11 nitrogen and oxygen atoms in total. The molecule has 0 saturated carbocycles. The normalized spacial score (nSPS) is 14.6. The summed E-state index contributed by atoms with van der Waals surface area (Å²) in [4.78, 5) is 34.1. The lowest BCUT2D eigenvalue weighted by Gasteiger charge is -2.19. The lowest BCUT2D eigenvalue weighted by Crippen LogP contribution is -2.36. The first-order valence-electron chi connectivity index (χ1n) is 11.8. The number of amides is 2. The van der Waals surface area contributed by atoms with E-state index in [-0.39, 0.29) is 11.8 Å². The number of nitrogens with one attached hydrogen (secondary N) is 2. The summed E-state index contributed by atoms with van der Waals surface area (Å²) >= 11 is 1.46. The molecule has 0 atom stereocenters. The van der Waals surface area contributed by atoms with E-state index in [1.54, 1.807) is 34.6 Å². The molecule has 0 aromatic carbocycles. The Morgan fingerprint density at radius 2 is 2.00 bits per heavy atom. The molecule has 0 aliphatic carbocycles. The zero-order valence-electron chi connectivity index (χ0n) is 20.2. The molecule has 1 aliphatic heterocycles. The predicted molar refractivity (Wildman–Crippen MR) is 136 cm³/mol. The molecule has 2 amide bonds. The van der Waals surface area contributed by atoms with Crippen molar-refractivity contribution in [1.82, 2.24) is 34.6 Å². The lowest BCUT2D eigenvalue weighted by molar-refractivity contribution is 0.0945. The Bertz CT molecular complexity index is 1380. The highest BCUT2D eigenvalue weighted by Gasteiger charge is 2.19. The number of hydrogen-bond acceptors (Lipinski definition) is 8. The van der Waals surface area contributed by atoms with Crippen LogP contribution in [-0.4, -0.2) is 80.5 Å². The van der Waals surface area contributed by atoms with Gasteiger partial charge >= 0.3 is 0 Å². The lowest BCUT2D eigenvalue weighted by atomic mass is 10.2. The average Bonchev–Trinajstić information content (AvgIpc) is 3.52. The van der Waals surface area contributed by atoms with Crippen LogP contribution in [0.2, 0.25) is 0 Å². The number of carbonyl (C=O) groups is 2. The van der Waals surface area contributed by atoms with Crippen LogP contribution >= 0.6 is 11.3 Å². The van der Waals surface area contributed by atoms with Crippen molar-refractivity contribution in [2.24, 2.45) is 7.05 Å². The van der Waals surface area contributed by atoms with Crippen molar-refractivity contribution in [3.8, 4) is 10.4 Å². The van der Waals surface area contributed by atoms with Gasteiger partial charge in [-0.15, -0.1) is 11.3 Å². The number of ether oxygens (including phenoxy) is 1. The molecule has 5 rings (SSSR count). The Balaban J connectivity index is 1.25. The van der Waals surface area contributed by atoms with Gasteiger partial charge < -0.3 is 15.4 Å². The summed E-state index contributed by atoms with van der Waals surface area (Å²) in [7, 11) is 1.86. The summed E-state index contributed by atoms with van der Waals surface area (Å²) in [6.07, 6.45) is 9.64. The molecular formula is C24H28N8O3S. The molecule has 0 radical (unpaired) electrons. The molecule has 2 N–H and O–H groups in total. The van der Waals surface area contributed by atoms with Crippen LogP contribution in [0.15, 0.2) is 37.1 Å². The number of anilines is 1. The van der Waals surface area contributed by atoms with E-state index in [1.807, 2.05) is 19.4 Å². The van der Waals surface area contributed by atoms with Gasteiger partial charge in [-0.1, -0.05) is 0 Å². The van der Waals surface area contributed by atoms with Crippen LogP contribution in [0.3, 0.4) is 0 Å². The third-order valence-corrected chi connectivity index (χ3v) is 7.22. The maximum atomic E-state index is 13.1. The first kappa shape index (κ1) is 24.1. The number of carbonyl (C=O) groups excluding carboxylic acids is 2. The van der Waals surface area contributed by atoms with E-state index in [1.165, 1.54) is 17.5 Å². The van der Waals surface area contributed by atoms with Crippen LogP contribution in [0.25, 0.3) is 15.3 Å². The molecule has 0 unspecified atom stereocenters. The van der Waals surface area contributed by atoms with Gasteiger partial charge in [-0.25, -0.2) is 4.52 Å². The second-order valence-electron chi connectivity index (χ2n) is 8.68. The predicted octanol–water partition coefficient (Wildman–Crippen LogP) is 2.20. The van der Waals surface area contributed by atoms with Gasteiger partial charge in [0.05, 0.1) is 46.4 Å². The van der Waals surface area contributed by atoms with Crippen molar-refractivity contribution in [2.75, 3.05) is 44.7 Å². The first-order chi connectivity index (χ1) is 17.5. The zero-order valence-corrected chi connectivity index (χ0v) is 21.0. The van der Waals surface area contributed by atoms with E-state index in [9.17, 15) is 9.59 Å². The van der Waals surface area contributed by atoms with Gasteiger partial charge in [0.25, 0.3) is 11.8 Å². The first-order valence-corrected chi connectivity index (χ1v) is 12.6. The van der Waals surface area contributed by atoms with E-state index < -0.39 is 0 Å². The van der Waals surface area contributed by atoms with Crippen LogP contribution in [0, 0.1) is 6.92 Å². The van der Waals surface area contributed by atoms with Gasteiger partial charge in [-0.3, -0.25) is 24.2 Å². The number of thiazole rings is 1. The minimum Gasteiger partial charge on any atom is -0.380 e. The Morgan fingerprint density at radius 1 is 1.11 bits per heavy atom. The van der Waals surface area contributed by atoms with Gasteiger partial charge in [0.15, 0.2) is 0 Å². The summed E-state index contributed by atoms with van der Waals surface area (Å²) in [5.74, 6) is -0.535. The van der Waals surface area contributed by atoms with Crippen molar-refractivity contribution in [2.45, 2.75) is 13.3 Å². The fourth-order valence-electron chi connectivity index (χ4n) is 4.05. The van der Waals surface area contributed by atoms with Gasteiger partial charge in [0.1, 0.15) is 4.83 Å². The van der Waals surface area contributed by atoms with Crippen molar-refractivity contribution < 1.29 is 14.3 Å². The number of rotatable bonds is 7. The summed E-state index contributed by atoms with van der Waals surface area (Å²) in [6.45, 7) is 6.42. The van der Waals surface area contributed by atoms with Gasteiger partial charge in [-0.2, -0.15) is 10.2 Å². The quantitative estimate of drug-likeness (QED) is 0.393. The standard InChI is InChI=1S/C24H28N8O3S/c1-16-20(10-17(11-26-16)22(33)25-4-6-31-5-3-8-35-9-7-31)29-23(34)19-13-28-32-15-21(36-24(19)32)18-12-27-30(2)14-18/h10-15H,3-9H2,1-2H3,(H,25,33)(H,29,34). The van der Waals surface area contributed by atoms with Crippen LogP contribution in [0.1, 0.15) is 32.8 Å². The highest BCUT2D eigenvalue weighted by molar-refractivity contribution is 7.21. The molecule has 12 heteroatoms. The van der Waals surface area contributed by atoms with Crippen molar-refractivity contribution in [3.05, 3.63) is 53.9 Å². The topological polar surface area (TPSA) is 119 Å². The Morgan fingerprint density at radius 3 is 2.83 bits per heavy atom. The molecule has 188 valence electrons. The highest BCUT2D eigenvalue weighted by Crippen LogP contribution is 2.30. The molecule has 1 saturated heterocycles. The fraction of sp³-hybridized carbons (Fsp3) is 0.375. The van der Waals surface area contributed by atoms with Gasteiger partial charge in [0.2, 0.25) is 0 Å². The Kier molecular flexibility index (Phi) is 7.07. The number of pyridine rings is 1. The van der Waals surface area contributed by atoms with Crippen LogP contribution in [0.5, 0.6) is 0 Å². The minimum atomic E-state index is -0.310. The number of aromatic nitrogens is 5. The molecule has 4 aromatic rings. The fourth-order valence-corrected chi connectivity index (χ4v) is 5.08. The van der Waals surface area contributed by atoms with Gasteiger partial charge in [0, 0.05) is 64.0 Å². The average molecular weight is 509 g/mol. The maximum absolute atomic E-state index is 13.1. The number of hydrogen-bond donors (Lipinski definition) is 2. The molecular weight excluding hydrogens is 480 g/mol. The SMILES string of the molecule is Cc1ncc(C(=O)NCCN2CCCOCC2)cc1NC(=O)c1cnn2cc(-c3cnn(C)c3)sc12. The van der Waals surface area contributed by atoms with E-state index in [2.05, 4.69) is 30.7 Å². The van der Waals surface area contributed by atoms with E-state index in [4.69, 9.17) is 4.74 Å². The Labute approximate surface area is 212 Å². The van der Waals surface area contributed by atoms with E-state index >= 15 is 0 Å². The molecule has 5 heterocycles. The molecule has 1 fully saturated rings. The maximum Gasteiger partial charge on any atom is 0.260 e.